The Bertz CT molecular complexity index is 377. The highest BCUT2D eigenvalue weighted by atomic mass is 16.1. The third-order valence-electron chi connectivity index (χ3n) is 3.81. The van der Waals surface area contributed by atoms with Crippen LogP contribution in [-0.2, 0) is 4.79 Å². The molecule has 3 rings (SSSR count). The summed E-state index contributed by atoms with van der Waals surface area (Å²) < 4.78 is 0. The molecule has 0 bridgehead atoms. The molecule has 0 aromatic heterocycles. The smallest absolute Gasteiger partial charge is 0.135 e. The predicted octanol–water partition coefficient (Wildman–Crippen LogP) is 2.21. The van der Waals surface area contributed by atoms with E-state index in [4.69, 9.17) is 0 Å². The maximum atomic E-state index is 11.2. The lowest BCUT2D eigenvalue weighted by molar-refractivity contribution is -0.121. The van der Waals surface area contributed by atoms with Gasteiger partial charge in [-0.05, 0) is 12.0 Å². The van der Waals surface area contributed by atoms with Gasteiger partial charge in [0.25, 0.3) is 0 Å². The Kier molecular flexibility index (Phi) is 2.52. The fourth-order valence-electron chi connectivity index (χ4n) is 2.75. The molecule has 2 aliphatic rings. The molecule has 0 spiro atoms. The fraction of sp³-hybridized carbons (Fsp3) is 0.500. The molecule has 2 atom stereocenters. The van der Waals surface area contributed by atoms with Gasteiger partial charge in [0, 0.05) is 37.9 Å². The molecule has 1 aliphatic carbocycles. The standard InChI is InChI=1S/C14H17NO/c16-12-6-8-15(9-7-12)14-10-13(14)11-4-2-1-3-5-11/h1-5,13-14H,6-10H2. The summed E-state index contributed by atoms with van der Waals surface area (Å²) in [7, 11) is 0. The molecule has 0 N–H and O–H groups in total. The topological polar surface area (TPSA) is 20.3 Å². The number of hydrogen-bond acceptors (Lipinski definition) is 2. The van der Waals surface area contributed by atoms with Gasteiger partial charge in [0.1, 0.15) is 5.78 Å². The lowest BCUT2D eigenvalue weighted by atomic mass is 10.1. The maximum absolute atomic E-state index is 11.2. The number of ketones is 1. The Morgan fingerprint density at radius 1 is 1.06 bits per heavy atom. The lowest BCUT2D eigenvalue weighted by Gasteiger charge is -2.26. The quantitative estimate of drug-likeness (QED) is 0.754. The number of likely N-dealkylation sites (tertiary alicyclic amines) is 1. The number of Topliss-reactive ketones (excluding diaryl/α,β-unsaturated/α-hetero) is 1. The van der Waals surface area contributed by atoms with Gasteiger partial charge in [-0.1, -0.05) is 30.3 Å². The molecule has 1 aromatic rings. The van der Waals surface area contributed by atoms with Gasteiger partial charge in [-0.2, -0.15) is 0 Å². The first kappa shape index (κ1) is 10.0. The number of benzene rings is 1. The van der Waals surface area contributed by atoms with Crippen LogP contribution < -0.4 is 0 Å². The highest BCUT2D eigenvalue weighted by Gasteiger charge is 2.43. The summed E-state index contributed by atoms with van der Waals surface area (Å²) >= 11 is 0. The summed E-state index contributed by atoms with van der Waals surface area (Å²) in [6.07, 6.45) is 2.80. The highest BCUT2D eigenvalue weighted by molar-refractivity contribution is 5.79. The van der Waals surface area contributed by atoms with Crippen LogP contribution in [0.3, 0.4) is 0 Å². The Morgan fingerprint density at radius 3 is 2.44 bits per heavy atom. The summed E-state index contributed by atoms with van der Waals surface area (Å²) in [5.41, 5.74) is 1.46. The van der Waals surface area contributed by atoms with Crippen molar-refractivity contribution in [1.29, 1.82) is 0 Å². The molecule has 2 unspecified atom stereocenters. The molecule has 2 heteroatoms. The Hall–Kier alpha value is -1.15. The van der Waals surface area contributed by atoms with E-state index in [0.717, 1.165) is 31.8 Å². The van der Waals surface area contributed by atoms with E-state index in [2.05, 4.69) is 35.2 Å². The van der Waals surface area contributed by atoms with Crippen molar-refractivity contribution in [2.75, 3.05) is 13.1 Å². The normalized spacial score (nSPS) is 30.4. The Balaban J connectivity index is 1.62. The first-order valence-corrected chi connectivity index (χ1v) is 6.15. The van der Waals surface area contributed by atoms with E-state index in [9.17, 15) is 4.79 Å². The number of carbonyl (C=O) groups excluding carboxylic acids is 1. The Morgan fingerprint density at radius 2 is 1.75 bits per heavy atom. The number of nitrogens with zero attached hydrogens (tertiary/aromatic N) is 1. The van der Waals surface area contributed by atoms with E-state index >= 15 is 0 Å². The van der Waals surface area contributed by atoms with Gasteiger partial charge in [0.15, 0.2) is 0 Å². The third-order valence-corrected chi connectivity index (χ3v) is 3.81. The van der Waals surface area contributed by atoms with Crippen molar-refractivity contribution in [3.8, 4) is 0 Å². The molecule has 1 heterocycles. The van der Waals surface area contributed by atoms with Crippen LogP contribution in [0, 0.1) is 0 Å². The molecular formula is C14H17NO. The van der Waals surface area contributed by atoms with Gasteiger partial charge in [-0.15, -0.1) is 0 Å². The number of carbonyl (C=O) groups is 1. The van der Waals surface area contributed by atoms with Crippen molar-refractivity contribution in [3.05, 3.63) is 35.9 Å². The monoisotopic (exact) mass is 215 g/mol. The lowest BCUT2D eigenvalue weighted by Crippen LogP contribution is -2.36. The third kappa shape index (κ3) is 1.90. The maximum Gasteiger partial charge on any atom is 0.135 e. The van der Waals surface area contributed by atoms with E-state index < -0.39 is 0 Å². The van der Waals surface area contributed by atoms with E-state index in [-0.39, 0.29) is 0 Å². The average molecular weight is 215 g/mol. The van der Waals surface area contributed by atoms with Crippen molar-refractivity contribution in [1.82, 2.24) is 4.90 Å². The van der Waals surface area contributed by atoms with Gasteiger partial charge in [0.05, 0.1) is 0 Å². The average Bonchev–Trinajstić information content (AvgIpc) is 3.11. The van der Waals surface area contributed by atoms with E-state index in [1.54, 1.807) is 0 Å². The molecule has 1 saturated heterocycles. The molecule has 1 aromatic carbocycles. The zero-order chi connectivity index (χ0) is 11.0. The van der Waals surface area contributed by atoms with Crippen LogP contribution in [0.25, 0.3) is 0 Å². The van der Waals surface area contributed by atoms with Gasteiger partial charge < -0.3 is 0 Å². The van der Waals surface area contributed by atoms with Crippen LogP contribution in [0.1, 0.15) is 30.7 Å². The second kappa shape index (κ2) is 4.02. The molecular weight excluding hydrogens is 198 g/mol. The Labute approximate surface area is 96.3 Å². The summed E-state index contributed by atoms with van der Waals surface area (Å²) in [6.45, 7) is 1.96. The van der Waals surface area contributed by atoms with Crippen molar-refractivity contribution >= 4 is 5.78 Å². The molecule has 0 amide bonds. The van der Waals surface area contributed by atoms with E-state index in [1.165, 1.54) is 12.0 Å². The van der Waals surface area contributed by atoms with Crippen LogP contribution >= 0.6 is 0 Å². The summed E-state index contributed by atoms with van der Waals surface area (Å²) in [5, 5.41) is 0. The minimum atomic E-state index is 0.438. The molecule has 2 nitrogen and oxygen atoms in total. The number of piperidine rings is 1. The van der Waals surface area contributed by atoms with Crippen molar-refractivity contribution in [3.63, 3.8) is 0 Å². The van der Waals surface area contributed by atoms with Crippen LogP contribution in [0.2, 0.25) is 0 Å². The zero-order valence-electron chi connectivity index (χ0n) is 9.43. The van der Waals surface area contributed by atoms with Gasteiger partial charge in [-0.3, -0.25) is 9.69 Å². The van der Waals surface area contributed by atoms with Crippen molar-refractivity contribution in [2.45, 2.75) is 31.2 Å². The molecule has 2 fully saturated rings. The minimum Gasteiger partial charge on any atom is -0.300 e. The predicted molar refractivity (Wildman–Crippen MR) is 63.4 cm³/mol. The molecule has 1 saturated carbocycles. The second-order valence-electron chi connectivity index (χ2n) is 4.89. The summed E-state index contributed by atoms with van der Waals surface area (Å²) in [4.78, 5) is 13.7. The molecule has 0 radical (unpaired) electrons. The first-order valence-electron chi connectivity index (χ1n) is 6.15. The first-order chi connectivity index (χ1) is 7.84. The second-order valence-corrected chi connectivity index (χ2v) is 4.89. The van der Waals surface area contributed by atoms with Crippen molar-refractivity contribution in [2.24, 2.45) is 0 Å². The minimum absolute atomic E-state index is 0.438. The molecule has 1 aliphatic heterocycles. The van der Waals surface area contributed by atoms with Gasteiger partial charge >= 0.3 is 0 Å². The highest BCUT2D eigenvalue weighted by Crippen LogP contribution is 2.45. The van der Waals surface area contributed by atoms with Gasteiger partial charge in [-0.25, -0.2) is 0 Å². The van der Waals surface area contributed by atoms with Crippen molar-refractivity contribution < 1.29 is 4.79 Å². The van der Waals surface area contributed by atoms with E-state index in [1.807, 2.05) is 0 Å². The van der Waals surface area contributed by atoms with Crippen LogP contribution in [-0.4, -0.2) is 29.8 Å². The van der Waals surface area contributed by atoms with E-state index in [0.29, 0.717) is 11.8 Å². The molecule has 16 heavy (non-hydrogen) atoms. The zero-order valence-corrected chi connectivity index (χ0v) is 9.43. The van der Waals surface area contributed by atoms with Crippen LogP contribution in [0.5, 0.6) is 0 Å². The fourth-order valence-corrected chi connectivity index (χ4v) is 2.75. The van der Waals surface area contributed by atoms with Crippen LogP contribution in [0.4, 0.5) is 0 Å². The SMILES string of the molecule is O=C1CCN(C2CC2c2ccccc2)CC1. The van der Waals surface area contributed by atoms with Crippen LogP contribution in [0.15, 0.2) is 30.3 Å². The summed E-state index contributed by atoms with van der Waals surface area (Å²) in [6, 6.07) is 11.4. The largest absolute Gasteiger partial charge is 0.300 e. The van der Waals surface area contributed by atoms with Gasteiger partial charge in [0.2, 0.25) is 0 Å². The summed E-state index contributed by atoms with van der Waals surface area (Å²) in [5.74, 6) is 1.16. The number of rotatable bonds is 2. The molecule has 84 valence electrons. The number of hydrogen-bond donors (Lipinski definition) is 0.